The van der Waals surface area contributed by atoms with Gasteiger partial charge in [0.1, 0.15) is 0 Å². The highest BCUT2D eigenvalue weighted by atomic mass is 33.1. The van der Waals surface area contributed by atoms with E-state index < -0.39 is 0 Å². The predicted molar refractivity (Wildman–Crippen MR) is 134 cm³/mol. The van der Waals surface area contributed by atoms with Gasteiger partial charge in [0, 0.05) is 31.0 Å². The quantitative estimate of drug-likeness (QED) is 0.175. The topological polar surface area (TPSA) is 58.2 Å². The molecule has 0 aliphatic heterocycles. The Morgan fingerprint density at radius 1 is 0.633 bits per heavy atom. The van der Waals surface area contributed by atoms with Crippen LogP contribution in [0.25, 0.3) is 0 Å². The van der Waals surface area contributed by atoms with Crippen LogP contribution >= 0.6 is 21.6 Å². The Bertz CT molecular complexity index is 463. The molecule has 8 heteroatoms. The normalized spacial score (nSPS) is 12.1. The third-order valence-electron chi connectivity index (χ3n) is 4.45. The smallest absolute Gasteiger partial charge is 0.275 e. The van der Waals surface area contributed by atoms with Crippen LogP contribution in [-0.2, 0) is 9.59 Å². The largest absolute Gasteiger partial charge is 0.355 e. The first-order valence-electron chi connectivity index (χ1n) is 11.4. The summed E-state index contributed by atoms with van der Waals surface area (Å²) in [4.78, 5) is 23.6. The molecule has 0 unspecified atom stereocenters. The standard InChI is InChI=1S/C22H46N4O2S2/c1-25(2,3)17-13-11-9-7-8-10-12-14-21(27)23-15-18-29-30-19-16-24-22(28)20-26(4,5)6/h7-20H2,1-6H3/p+2. The molecule has 6 nitrogen and oxygen atoms in total. The molecule has 0 rings (SSSR count). The van der Waals surface area contributed by atoms with E-state index in [1.54, 1.807) is 21.6 Å². The fourth-order valence-electron chi connectivity index (χ4n) is 2.91. The number of nitrogens with one attached hydrogen (secondary N) is 2. The van der Waals surface area contributed by atoms with Crippen molar-refractivity contribution in [3.8, 4) is 0 Å². The zero-order chi connectivity index (χ0) is 22.9. The number of hydrogen-bond donors (Lipinski definition) is 2. The zero-order valence-electron chi connectivity index (χ0n) is 20.4. The molecule has 0 aromatic heterocycles. The molecule has 0 aromatic rings. The van der Waals surface area contributed by atoms with Gasteiger partial charge in [-0.2, -0.15) is 0 Å². The molecule has 2 amide bonds. The molecule has 0 saturated heterocycles. The van der Waals surface area contributed by atoms with Crippen molar-refractivity contribution >= 4 is 33.4 Å². The van der Waals surface area contributed by atoms with Crippen LogP contribution in [0.5, 0.6) is 0 Å². The fraction of sp³-hybridized carbons (Fsp3) is 0.909. The summed E-state index contributed by atoms with van der Waals surface area (Å²) >= 11 is 0. The Hall–Kier alpha value is -0.440. The average molecular weight is 465 g/mol. The molecule has 30 heavy (non-hydrogen) atoms. The lowest BCUT2D eigenvalue weighted by Gasteiger charge is -2.23. The minimum absolute atomic E-state index is 0.0974. The summed E-state index contributed by atoms with van der Waals surface area (Å²) < 4.78 is 1.70. The molecule has 0 spiro atoms. The van der Waals surface area contributed by atoms with Gasteiger partial charge in [0.25, 0.3) is 5.91 Å². The van der Waals surface area contributed by atoms with Gasteiger partial charge < -0.3 is 19.6 Å². The summed E-state index contributed by atoms with van der Waals surface area (Å²) in [6.45, 7) is 3.17. The van der Waals surface area contributed by atoms with E-state index in [4.69, 9.17) is 0 Å². The molecule has 0 heterocycles. The maximum absolute atomic E-state index is 11.9. The van der Waals surface area contributed by atoms with Gasteiger partial charge in [-0.15, -0.1) is 0 Å². The molecule has 2 N–H and O–H groups in total. The number of hydrogen-bond acceptors (Lipinski definition) is 4. The number of carbonyl (C=O) groups is 2. The fourth-order valence-corrected chi connectivity index (χ4v) is 4.73. The number of amides is 2. The minimum Gasteiger partial charge on any atom is -0.355 e. The molecule has 0 aromatic carbocycles. The minimum atomic E-state index is 0.0974. The van der Waals surface area contributed by atoms with Gasteiger partial charge in [-0.05, 0) is 19.3 Å². The number of likely N-dealkylation sites (N-methyl/N-ethyl adjacent to an activating group) is 1. The van der Waals surface area contributed by atoms with E-state index in [-0.39, 0.29) is 11.8 Å². The zero-order valence-corrected chi connectivity index (χ0v) is 22.1. The molecular formula is C22H48N4O2S2+2. The number of rotatable bonds is 19. The summed E-state index contributed by atoms with van der Waals surface area (Å²) in [6, 6.07) is 0. The van der Waals surface area contributed by atoms with Crippen LogP contribution in [0.4, 0.5) is 0 Å². The third-order valence-corrected chi connectivity index (χ3v) is 6.86. The van der Waals surface area contributed by atoms with Crippen LogP contribution in [0.3, 0.4) is 0 Å². The second-order valence-corrected chi connectivity index (χ2v) is 12.7. The number of nitrogens with zero attached hydrogens (tertiary/aromatic N) is 2. The number of unbranched alkanes of at least 4 members (excludes halogenated alkanes) is 6. The van der Waals surface area contributed by atoms with Crippen molar-refractivity contribution in [3.63, 3.8) is 0 Å². The van der Waals surface area contributed by atoms with E-state index >= 15 is 0 Å². The van der Waals surface area contributed by atoms with Gasteiger partial charge in [0.05, 0.1) is 48.8 Å². The van der Waals surface area contributed by atoms with Crippen molar-refractivity contribution in [1.82, 2.24) is 10.6 Å². The number of carbonyl (C=O) groups excluding carboxylic acids is 2. The van der Waals surface area contributed by atoms with E-state index in [1.807, 2.05) is 21.1 Å². The Labute approximate surface area is 193 Å². The molecular weight excluding hydrogens is 416 g/mol. The molecule has 0 atom stereocenters. The van der Waals surface area contributed by atoms with Crippen LogP contribution in [0.15, 0.2) is 0 Å². The lowest BCUT2D eigenvalue weighted by atomic mass is 10.1. The van der Waals surface area contributed by atoms with Crippen molar-refractivity contribution in [2.24, 2.45) is 0 Å². The first-order valence-corrected chi connectivity index (χ1v) is 13.9. The highest BCUT2D eigenvalue weighted by Crippen LogP contribution is 2.19. The lowest BCUT2D eigenvalue weighted by Crippen LogP contribution is -2.44. The van der Waals surface area contributed by atoms with Gasteiger partial charge in [-0.1, -0.05) is 47.3 Å². The van der Waals surface area contributed by atoms with E-state index in [0.717, 1.165) is 35.4 Å². The lowest BCUT2D eigenvalue weighted by molar-refractivity contribution is -0.870. The van der Waals surface area contributed by atoms with Gasteiger partial charge in [0.15, 0.2) is 6.54 Å². The van der Waals surface area contributed by atoms with Crippen molar-refractivity contribution in [1.29, 1.82) is 0 Å². The molecule has 0 bridgehead atoms. The summed E-state index contributed by atoms with van der Waals surface area (Å²) in [6.07, 6.45) is 9.31. The van der Waals surface area contributed by atoms with Gasteiger partial charge >= 0.3 is 0 Å². The van der Waals surface area contributed by atoms with E-state index in [2.05, 4.69) is 31.8 Å². The molecule has 0 fully saturated rings. The Kier molecular flexibility index (Phi) is 16.9. The maximum atomic E-state index is 11.9. The summed E-state index contributed by atoms with van der Waals surface area (Å²) in [5.74, 6) is 2.06. The maximum Gasteiger partial charge on any atom is 0.275 e. The van der Waals surface area contributed by atoms with E-state index in [0.29, 0.717) is 24.0 Å². The van der Waals surface area contributed by atoms with Crippen molar-refractivity contribution < 1.29 is 18.6 Å². The second kappa shape index (κ2) is 17.2. The highest BCUT2D eigenvalue weighted by Gasteiger charge is 2.13. The van der Waals surface area contributed by atoms with Crippen LogP contribution in [0, 0.1) is 0 Å². The number of quaternary nitrogens is 2. The second-order valence-electron chi connectivity index (χ2n) is 10.0. The predicted octanol–water partition coefficient (Wildman–Crippen LogP) is 3.13. The summed E-state index contributed by atoms with van der Waals surface area (Å²) in [5.41, 5.74) is 0. The van der Waals surface area contributed by atoms with Crippen LogP contribution in [0.2, 0.25) is 0 Å². The first kappa shape index (κ1) is 29.6. The Morgan fingerprint density at radius 3 is 1.60 bits per heavy atom. The van der Waals surface area contributed by atoms with Gasteiger partial charge in [0.2, 0.25) is 5.91 Å². The van der Waals surface area contributed by atoms with Crippen molar-refractivity contribution in [2.45, 2.75) is 51.4 Å². The van der Waals surface area contributed by atoms with Crippen LogP contribution in [0.1, 0.15) is 51.4 Å². The molecule has 0 saturated carbocycles. The molecule has 0 aliphatic rings. The summed E-state index contributed by atoms with van der Waals surface area (Å²) in [7, 11) is 16.3. The molecule has 0 aliphatic carbocycles. The van der Waals surface area contributed by atoms with Gasteiger partial charge in [-0.25, -0.2) is 0 Å². The third kappa shape index (κ3) is 23.8. The molecule has 0 radical (unpaired) electrons. The Balaban J connectivity index is 3.34. The monoisotopic (exact) mass is 464 g/mol. The van der Waals surface area contributed by atoms with Crippen LogP contribution in [-0.4, -0.2) is 101 Å². The van der Waals surface area contributed by atoms with Crippen molar-refractivity contribution in [3.05, 3.63) is 0 Å². The van der Waals surface area contributed by atoms with E-state index in [1.165, 1.54) is 38.6 Å². The van der Waals surface area contributed by atoms with Gasteiger partial charge in [-0.3, -0.25) is 9.59 Å². The summed E-state index contributed by atoms with van der Waals surface area (Å²) in [5, 5.41) is 5.95. The Morgan fingerprint density at radius 2 is 1.10 bits per heavy atom. The van der Waals surface area contributed by atoms with Crippen molar-refractivity contribution in [2.75, 3.05) is 80.0 Å². The first-order chi connectivity index (χ1) is 14.0. The van der Waals surface area contributed by atoms with E-state index in [9.17, 15) is 9.59 Å². The van der Waals surface area contributed by atoms with Crippen LogP contribution < -0.4 is 10.6 Å². The average Bonchev–Trinajstić information content (AvgIpc) is 2.60. The highest BCUT2D eigenvalue weighted by molar-refractivity contribution is 8.76. The SMILES string of the molecule is C[N+](C)(C)CCCCCCCCCC(=O)NCCSSCCNC(=O)C[N+](C)(C)C. The molecule has 178 valence electrons.